The molecule has 2 aromatic rings. The predicted octanol–water partition coefficient (Wildman–Crippen LogP) is 1.87. The normalized spacial score (nSPS) is 10.1. The first-order valence-corrected chi connectivity index (χ1v) is 5.81. The standard InChI is InChI=1S/C13H13N3O4/c1-16-10(12(17)18)7-11(15-16)14-13(19)20-8-9-5-3-2-4-6-9/h2-7H,8H2,1H3,(H,17,18)(H,14,15,19). The van der Waals surface area contributed by atoms with Gasteiger partial charge in [-0.25, -0.2) is 9.59 Å². The summed E-state index contributed by atoms with van der Waals surface area (Å²) < 4.78 is 6.16. The van der Waals surface area contributed by atoms with Crippen molar-refractivity contribution in [2.45, 2.75) is 6.61 Å². The van der Waals surface area contributed by atoms with E-state index < -0.39 is 12.1 Å². The number of aromatic carboxylic acids is 1. The predicted molar refractivity (Wildman–Crippen MR) is 70.4 cm³/mol. The number of carbonyl (C=O) groups is 2. The minimum Gasteiger partial charge on any atom is -0.477 e. The van der Waals surface area contributed by atoms with Gasteiger partial charge in [-0.05, 0) is 5.56 Å². The Kier molecular flexibility index (Phi) is 3.99. The van der Waals surface area contributed by atoms with Gasteiger partial charge >= 0.3 is 12.1 Å². The summed E-state index contributed by atoms with van der Waals surface area (Å²) in [6.45, 7) is 0.130. The summed E-state index contributed by atoms with van der Waals surface area (Å²) >= 11 is 0. The number of aryl methyl sites for hydroxylation is 1. The second-order valence-electron chi connectivity index (χ2n) is 4.03. The van der Waals surface area contributed by atoms with Crippen molar-refractivity contribution in [3.63, 3.8) is 0 Å². The van der Waals surface area contributed by atoms with E-state index in [0.29, 0.717) is 0 Å². The van der Waals surface area contributed by atoms with E-state index >= 15 is 0 Å². The number of rotatable bonds is 4. The summed E-state index contributed by atoms with van der Waals surface area (Å²) in [7, 11) is 1.48. The van der Waals surface area contributed by atoms with Gasteiger partial charge in [0.25, 0.3) is 0 Å². The number of aromatic nitrogens is 2. The number of carboxylic acids is 1. The summed E-state index contributed by atoms with van der Waals surface area (Å²) in [6.07, 6.45) is -0.691. The molecule has 7 heteroatoms. The first-order valence-electron chi connectivity index (χ1n) is 5.81. The van der Waals surface area contributed by atoms with Gasteiger partial charge in [-0.3, -0.25) is 10.00 Å². The number of nitrogens with zero attached hydrogens (tertiary/aromatic N) is 2. The van der Waals surface area contributed by atoms with Crippen LogP contribution in [0, 0.1) is 0 Å². The SMILES string of the molecule is Cn1nc(NC(=O)OCc2ccccc2)cc1C(=O)O. The number of benzene rings is 1. The fourth-order valence-electron chi connectivity index (χ4n) is 1.59. The maximum atomic E-state index is 11.5. The van der Waals surface area contributed by atoms with Crippen molar-refractivity contribution in [1.29, 1.82) is 0 Å². The lowest BCUT2D eigenvalue weighted by atomic mass is 10.2. The quantitative estimate of drug-likeness (QED) is 0.888. The molecule has 0 aliphatic rings. The summed E-state index contributed by atoms with van der Waals surface area (Å²) in [5.41, 5.74) is 0.832. The van der Waals surface area contributed by atoms with E-state index in [1.165, 1.54) is 13.1 Å². The lowest BCUT2D eigenvalue weighted by Crippen LogP contribution is -2.14. The summed E-state index contributed by atoms with van der Waals surface area (Å²) in [5, 5.41) is 15.1. The van der Waals surface area contributed by atoms with Gasteiger partial charge in [0, 0.05) is 13.1 Å². The molecule has 0 aliphatic heterocycles. The molecule has 0 saturated carbocycles. The topological polar surface area (TPSA) is 93.5 Å². The molecule has 2 rings (SSSR count). The Morgan fingerprint density at radius 3 is 2.65 bits per heavy atom. The van der Waals surface area contributed by atoms with Crippen LogP contribution < -0.4 is 5.32 Å². The van der Waals surface area contributed by atoms with Gasteiger partial charge in [0.05, 0.1) is 0 Å². The average Bonchev–Trinajstić information content (AvgIpc) is 2.78. The molecule has 1 aromatic heterocycles. The first-order chi connectivity index (χ1) is 9.56. The third-order valence-corrected chi connectivity index (χ3v) is 2.54. The molecular weight excluding hydrogens is 262 g/mol. The highest BCUT2D eigenvalue weighted by Crippen LogP contribution is 2.09. The maximum absolute atomic E-state index is 11.5. The number of nitrogens with one attached hydrogen (secondary N) is 1. The van der Waals surface area contributed by atoms with E-state index in [-0.39, 0.29) is 18.1 Å². The lowest BCUT2D eigenvalue weighted by Gasteiger charge is -2.04. The minimum absolute atomic E-state index is 0.0247. The third kappa shape index (κ3) is 3.35. The van der Waals surface area contributed by atoms with E-state index in [0.717, 1.165) is 10.2 Å². The zero-order valence-electron chi connectivity index (χ0n) is 10.7. The zero-order chi connectivity index (χ0) is 14.5. The first kappa shape index (κ1) is 13.6. The van der Waals surface area contributed by atoms with Gasteiger partial charge < -0.3 is 9.84 Å². The Labute approximate surface area is 114 Å². The molecule has 2 N–H and O–H groups in total. The van der Waals surface area contributed by atoms with E-state index in [4.69, 9.17) is 9.84 Å². The van der Waals surface area contributed by atoms with E-state index in [1.54, 1.807) is 0 Å². The van der Waals surface area contributed by atoms with E-state index in [9.17, 15) is 9.59 Å². The Hall–Kier alpha value is -2.83. The number of hydrogen-bond donors (Lipinski definition) is 2. The highest BCUT2D eigenvalue weighted by Gasteiger charge is 2.13. The van der Waals surface area contributed by atoms with Crippen LogP contribution in [0.25, 0.3) is 0 Å². The van der Waals surface area contributed by atoms with Crippen LogP contribution in [-0.2, 0) is 18.4 Å². The smallest absolute Gasteiger partial charge is 0.413 e. The van der Waals surface area contributed by atoms with E-state index in [1.807, 2.05) is 30.3 Å². The van der Waals surface area contributed by atoms with Gasteiger partial charge in [0.1, 0.15) is 12.3 Å². The van der Waals surface area contributed by atoms with Crippen LogP contribution in [0.4, 0.5) is 10.6 Å². The van der Waals surface area contributed by atoms with Crippen molar-refractivity contribution >= 4 is 17.9 Å². The monoisotopic (exact) mass is 275 g/mol. The molecule has 1 amide bonds. The zero-order valence-corrected chi connectivity index (χ0v) is 10.7. The fraction of sp³-hybridized carbons (Fsp3) is 0.154. The van der Waals surface area contributed by atoms with Crippen molar-refractivity contribution < 1.29 is 19.4 Å². The third-order valence-electron chi connectivity index (χ3n) is 2.54. The highest BCUT2D eigenvalue weighted by atomic mass is 16.5. The van der Waals surface area contributed by atoms with Crippen molar-refractivity contribution in [2.75, 3.05) is 5.32 Å². The molecule has 1 aromatic carbocycles. The summed E-state index contributed by atoms with van der Waals surface area (Å²) in [6, 6.07) is 10.5. The van der Waals surface area contributed by atoms with Crippen molar-refractivity contribution in [3.8, 4) is 0 Å². The Bertz CT molecular complexity index is 622. The molecule has 0 atom stereocenters. The van der Waals surface area contributed by atoms with Crippen molar-refractivity contribution in [1.82, 2.24) is 9.78 Å². The molecule has 20 heavy (non-hydrogen) atoms. The molecule has 0 unspecified atom stereocenters. The molecule has 1 heterocycles. The van der Waals surface area contributed by atoms with Crippen molar-refractivity contribution in [3.05, 3.63) is 47.7 Å². The largest absolute Gasteiger partial charge is 0.477 e. The van der Waals surface area contributed by atoms with Gasteiger partial charge in [0.2, 0.25) is 0 Å². The van der Waals surface area contributed by atoms with E-state index in [2.05, 4.69) is 10.4 Å². The second kappa shape index (κ2) is 5.87. The second-order valence-corrected chi connectivity index (χ2v) is 4.03. The number of hydrogen-bond acceptors (Lipinski definition) is 4. The molecular formula is C13H13N3O4. The number of amides is 1. The fourth-order valence-corrected chi connectivity index (χ4v) is 1.59. The molecule has 104 valence electrons. The van der Waals surface area contributed by atoms with Crippen LogP contribution in [0.15, 0.2) is 36.4 Å². The molecule has 0 saturated heterocycles. The minimum atomic E-state index is -1.12. The average molecular weight is 275 g/mol. The number of ether oxygens (including phenoxy) is 1. The van der Waals surface area contributed by atoms with Crippen LogP contribution in [0.2, 0.25) is 0 Å². The van der Waals surface area contributed by atoms with Gasteiger partial charge in [-0.15, -0.1) is 0 Å². The number of anilines is 1. The van der Waals surface area contributed by atoms with Crippen LogP contribution in [0.5, 0.6) is 0 Å². The van der Waals surface area contributed by atoms with Crippen LogP contribution in [0.3, 0.4) is 0 Å². The van der Waals surface area contributed by atoms with Crippen LogP contribution >= 0.6 is 0 Å². The van der Waals surface area contributed by atoms with Gasteiger partial charge in [-0.2, -0.15) is 5.10 Å². The Balaban J connectivity index is 1.92. The molecule has 0 fully saturated rings. The molecule has 0 bridgehead atoms. The highest BCUT2D eigenvalue weighted by molar-refractivity contribution is 5.89. The number of carboxylic acid groups (broad SMARTS) is 1. The molecule has 0 radical (unpaired) electrons. The van der Waals surface area contributed by atoms with Crippen LogP contribution in [-0.4, -0.2) is 26.9 Å². The van der Waals surface area contributed by atoms with Gasteiger partial charge in [0.15, 0.2) is 5.82 Å². The summed E-state index contributed by atoms with van der Waals surface area (Å²) in [5.74, 6) is -0.992. The molecule has 0 spiro atoms. The Morgan fingerprint density at radius 1 is 1.35 bits per heavy atom. The lowest BCUT2D eigenvalue weighted by molar-refractivity contribution is 0.0685. The molecule has 0 aliphatic carbocycles. The Morgan fingerprint density at radius 2 is 2.05 bits per heavy atom. The van der Waals surface area contributed by atoms with Crippen molar-refractivity contribution in [2.24, 2.45) is 7.05 Å². The number of carbonyl (C=O) groups excluding carboxylic acids is 1. The van der Waals surface area contributed by atoms with Crippen LogP contribution in [0.1, 0.15) is 16.1 Å². The molecule has 7 nitrogen and oxygen atoms in total. The summed E-state index contributed by atoms with van der Waals surface area (Å²) in [4.78, 5) is 22.4. The maximum Gasteiger partial charge on any atom is 0.413 e. The van der Waals surface area contributed by atoms with Gasteiger partial charge in [-0.1, -0.05) is 30.3 Å².